The van der Waals surface area contributed by atoms with Crippen molar-refractivity contribution in [2.24, 2.45) is 0 Å². The first kappa shape index (κ1) is 11.9. The Morgan fingerprint density at radius 2 is 2.35 bits per heavy atom. The molecule has 4 heteroatoms. The molecular formula is C13H16O4. The summed E-state index contributed by atoms with van der Waals surface area (Å²) in [6.07, 6.45) is 1.98. The van der Waals surface area contributed by atoms with Crippen LogP contribution < -0.4 is 4.74 Å². The highest BCUT2D eigenvalue weighted by molar-refractivity contribution is 5.90. The Morgan fingerprint density at radius 3 is 3.00 bits per heavy atom. The molecule has 0 bridgehead atoms. The van der Waals surface area contributed by atoms with E-state index in [9.17, 15) is 4.79 Å². The van der Waals surface area contributed by atoms with Gasteiger partial charge in [-0.05, 0) is 31.9 Å². The van der Waals surface area contributed by atoms with E-state index < -0.39 is 5.97 Å². The zero-order chi connectivity index (χ0) is 12.3. The Kier molecular flexibility index (Phi) is 3.64. The van der Waals surface area contributed by atoms with Gasteiger partial charge in [-0.2, -0.15) is 0 Å². The molecule has 17 heavy (non-hydrogen) atoms. The van der Waals surface area contributed by atoms with Crippen LogP contribution in [0.2, 0.25) is 0 Å². The zero-order valence-corrected chi connectivity index (χ0v) is 9.81. The lowest BCUT2D eigenvalue weighted by Crippen LogP contribution is -2.28. The molecule has 0 saturated carbocycles. The van der Waals surface area contributed by atoms with Gasteiger partial charge in [0.25, 0.3) is 0 Å². The lowest BCUT2D eigenvalue weighted by atomic mass is 10.1. The van der Waals surface area contributed by atoms with E-state index in [0.717, 1.165) is 19.4 Å². The van der Waals surface area contributed by atoms with E-state index >= 15 is 0 Å². The first-order valence-electron chi connectivity index (χ1n) is 5.76. The van der Waals surface area contributed by atoms with Crippen molar-refractivity contribution in [1.82, 2.24) is 0 Å². The smallest absolute Gasteiger partial charge is 0.336 e. The minimum absolute atomic E-state index is 0.0338. The molecule has 1 saturated heterocycles. The number of hydrogen-bond donors (Lipinski definition) is 1. The Balaban J connectivity index is 2.15. The summed E-state index contributed by atoms with van der Waals surface area (Å²) in [5.41, 5.74) is 0.963. The van der Waals surface area contributed by atoms with Crippen LogP contribution in [0.3, 0.4) is 0 Å². The summed E-state index contributed by atoms with van der Waals surface area (Å²) in [6.45, 7) is 3.13. The molecule has 2 rings (SSSR count). The maximum atomic E-state index is 11.0. The van der Waals surface area contributed by atoms with Gasteiger partial charge in [0.15, 0.2) is 0 Å². The van der Waals surface area contributed by atoms with Crippen LogP contribution in [0.1, 0.15) is 28.8 Å². The fourth-order valence-electron chi connectivity index (χ4n) is 1.96. The molecule has 1 aliphatic heterocycles. The fraction of sp³-hybridized carbons (Fsp3) is 0.462. The minimum atomic E-state index is -0.923. The van der Waals surface area contributed by atoms with Crippen molar-refractivity contribution in [3.05, 3.63) is 29.3 Å². The van der Waals surface area contributed by atoms with Crippen LogP contribution in [-0.2, 0) is 4.74 Å². The predicted octanol–water partition coefficient (Wildman–Crippen LogP) is 2.25. The molecule has 0 aliphatic carbocycles. The van der Waals surface area contributed by atoms with Crippen LogP contribution in [0.15, 0.2) is 18.2 Å². The summed E-state index contributed by atoms with van der Waals surface area (Å²) in [5, 5.41) is 9.02. The molecule has 0 aromatic heterocycles. The summed E-state index contributed by atoms with van der Waals surface area (Å²) < 4.78 is 11.1. The Bertz CT molecular complexity index is 408. The van der Waals surface area contributed by atoms with Crippen molar-refractivity contribution in [1.29, 1.82) is 0 Å². The first-order valence-corrected chi connectivity index (χ1v) is 5.76. The molecule has 1 N–H and O–H groups in total. The topological polar surface area (TPSA) is 55.8 Å². The van der Waals surface area contributed by atoms with E-state index in [1.807, 2.05) is 0 Å². The maximum Gasteiger partial charge on any atom is 0.336 e. The number of carboxylic acids is 1. The quantitative estimate of drug-likeness (QED) is 0.874. The summed E-state index contributed by atoms with van der Waals surface area (Å²) >= 11 is 0. The average molecular weight is 236 g/mol. The second-order valence-electron chi connectivity index (χ2n) is 4.19. The third kappa shape index (κ3) is 2.77. The molecule has 0 spiro atoms. The largest absolute Gasteiger partial charge is 0.488 e. The van der Waals surface area contributed by atoms with Gasteiger partial charge in [-0.15, -0.1) is 0 Å². The zero-order valence-electron chi connectivity index (χ0n) is 9.81. The number of carboxylic acid groups (broad SMARTS) is 1. The minimum Gasteiger partial charge on any atom is -0.488 e. The van der Waals surface area contributed by atoms with Gasteiger partial charge in [-0.3, -0.25) is 0 Å². The van der Waals surface area contributed by atoms with Gasteiger partial charge >= 0.3 is 5.97 Å². The summed E-state index contributed by atoms with van der Waals surface area (Å²) in [5.74, 6) is -0.284. The standard InChI is InChI=1S/C13H16O4/c1-9-11(13(14)15)5-2-6-12(9)17-10-4-3-7-16-8-10/h2,5-6,10H,3-4,7-8H2,1H3,(H,14,15). The van der Waals surface area contributed by atoms with Crippen LogP contribution in [-0.4, -0.2) is 30.4 Å². The van der Waals surface area contributed by atoms with Crippen LogP contribution in [0, 0.1) is 6.92 Å². The number of carbonyl (C=O) groups is 1. The van der Waals surface area contributed by atoms with Gasteiger partial charge in [-0.25, -0.2) is 4.79 Å². The molecule has 0 amide bonds. The third-order valence-corrected chi connectivity index (χ3v) is 2.93. The third-order valence-electron chi connectivity index (χ3n) is 2.93. The van der Waals surface area contributed by atoms with Gasteiger partial charge in [0.05, 0.1) is 12.2 Å². The predicted molar refractivity (Wildman–Crippen MR) is 62.6 cm³/mol. The van der Waals surface area contributed by atoms with Gasteiger partial charge in [0, 0.05) is 12.2 Å². The molecule has 1 heterocycles. The summed E-state index contributed by atoms with van der Waals surface area (Å²) in [7, 11) is 0. The van der Waals surface area contributed by atoms with Crippen LogP contribution >= 0.6 is 0 Å². The van der Waals surface area contributed by atoms with Crippen LogP contribution in [0.4, 0.5) is 0 Å². The second kappa shape index (κ2) is 5.19. The highest BCUT2D eigenvalue weighted by atomic mass is 16.5. The number of hydrogen-bond acceptors (Lipinski definition) is 3. The van der Waals surface area contributed by atoms with E-state index in [0.29, 0.717) is 23.5 Å². The van der Waals surface area contributed by atoms with Crippen LogP contribution in [0.25, 0.3) is 0 Å². The summed E-state index contributed by atoms with van der Waals surface area (Å²) in [4.78, 5) is 11.0. The Hall–Kier alpha value is -1.55. The molecule has 4 nitrogen and oxygen atoms in total. The van der Waals surface area contributed by atoms with Crippen molar-refractivity contribution in [3.63, 3.8) is 0 Å². The Morgan fingerprint density at radius 1 is 1.53 bits per heavy atom. The molecule has 1 unspecified atom stereocenters. The number of ether oxygens (including phenoxy) is 2. The van der Waals surface area contributed by atoms with E-state index in [1.54, 1.807) is 25.1 Å². The number of rotatable bonds is 3. The normalized spacial score (nSPS) is 19.9. The van der Waals surface area contributed by atoms with E-state index in [-0.39, 0.29) is 6.10 Å². The fourth-order valence-corrected chi connectivity index (χ4v) is 1.96. The molecule has 1 atom stereocenters. The second-order valence-corrected chi connectivity index (χ2v) is 4.19. The monoisotopic (exact) mass is 236 g/mol. The molecule has 1 aromatic rings. The lowest BCUT2D eigenvalue weighted by Gasteiger charge is -2.24. The van der Waals surface area contributed by atoms with Gasteiger partial charge in [0.2, 0.25) is 0 Å². The van der Waals surface area contributed by atoms with Crippen molar-refractivity contribution < 1.29 is 19.4 Å². The van der Waals surface area contributed by atoms with Crippen molar-refractivity contribution in [2.75, 3.05) is 13.2 Å². The molecule has 0 radical (unpaired) electrons. The molecule has 1 fully saturated rings. The lowest BCUT2D eigenvalue weighted by molar-refractivity contribution is 0.00709. The van der Waals surface area contributed by atoms with E-state index in [2.05, 4.69) is 0 Å². The van der Waals surface area contributed by atoms with Crippen molar-refractivity contribution in [2.45, 2.75) is 25.9 Å². The van der Waals surface area contributed by atoms with Gasteiger partial charge in [0.1, 0.15) is 11.9 Å². The van der Waals surface area contributed by atoms with E-state index in [4.69, 9.17) is 14.6 Å². The van der Waals surface area contributed by atoms with Crippen molar-refractivity contribution in [3.8, 4) is 5.75 Å². The average Bonchev–Trinajstić information content (AvgIpc) is 2.33. The highest BCUT2D eigenvalue weighted by Crippen LogP contribution is 2.24. The Labute approximate surface area is 100 Å². The molecule has 1 aromatic carbocycles. The van der Waals surface area contributed by atoms with Crippen molar-refractivity contribution >= 4 is 5.97 Å². The SMILES string of the molecule is Cc1c(OC2CCCOC2)cccc1C(=O)O. The summed E-state index contributed by atoms with van der Waals surface area (Å²) in [6, 6.07) is 5.09. The van der Waals surface area contributed by atoms with Gasteiger partial charge in [-0.1, -0.05) is 6.07 Å². The maximum absolute atomic E-state index is 11.0. The number of benzene rings is 1. The molecular weight excluding hydrogens is 220 g/mol. The van der Waals surface area contributed by atoms with Crippen LogP contribution in [0.5, 0.6) is 5.75 Å². The molecule has 92 valence electrons. The molecule has 1 aliphatic rings. The first-order chi connectivity index (χ1) is 8.18. The number of aromatic carboxylic acids is 1. The van der Waals surface area contributed by atoms with Gasteiger partial charge < -0.3 is 14.6 Å². The highest BCUT2D eigenvalue weighted by Gasteiger charge is 2.18. The van der Waals surface area contributed by atoms with E-state index in [1.165, 1.54) is 0 Å².